The van der Waals surface area contributed by atoms with Crippen LogP contribution in [0.25, 0.3) is 0 Å². The molecule has 1 aromatic rings. The van der Waals surface area contributed by atoms with E-state index in [9.17, 15) is 4.79 Å². The fourth-order valence-electron chi connectivity index (χ4n) is 1.66. The number of aromatic nitrogens is 1. The number of urea groups is 1. The number of hydrogen-bond donors (Lipinski definition) is 1. The van der Waals surface area contributed by atoms with Crippen molar-refractivity contribution in [2.24, 2.45) is 0 Å². The third kappa shape index (κ3) is 2.45. The number of rotatable bonds is 1. The fraction of sp³-hybridized carbons (Fsp3) is 0.455. The lowest BCUT2D eigenvalue weighted by Gasteiger charge is -2.37. The Bertz CT molecular complexity index is 402. The maximum Gasteiger partial charge on any atom is 0.323 e. The van der Waals surface area contributed by atoms with Gasteiger partial charge in [0.1, 0.15) is 5.82 Å². The largest absolute Gasteiger partial charge is 0.333 e. The highest BCUT2D eigenvalue weighted by Crippen LogP contribution is 2.20. The van der Waals surface area contributed by atoms with Gasteiger partial charge in [-0.3, -0.25) is 4.90 Å². The molecule has 1 aromatic heterocycles. The van der Waals surface area contributed by atoms with Gasteiger partial charge in [0.05, 0.1) is 0 Å². The first-order chi connectivity index (χ1) is 7.48. The summed E-state index contributed by atoms with van der Waals surface area (Å²) in [6.07, 6.45) is 2.69. The van der Waals surface area contributed by atoms with Crippen molar-refractivity contribution >= 4 is 34.4 Å². The summed E-state index contributed by atoms with van der Waals surface area (Å²) in [6.45, 7) is 4.78. The summed E-state index contributed by atoms with van der Waals surface area (Å²) in [7, 11) is 0. The van der Waals surface area contributed by atoms with E-state index in [1.807, 2.05) is 26.0 Å². The average molecular weight is 331 g/mol. The van der Waals surface area contributed by atoms with Gasteiger partial charge < -0.3 is 5.32 Å². The lowest BCUT2D eigenvalue weighted by molar-refractivity contribution is 0.224. The van der Waals surface area contributed by atoms with Crippen molar-refractivity contribution in [3.05, 3.63) is 21.9 Å². The molecule has 2 amide bonds. The predicted molar refractivity (Wildman–Crippen MR) is 71.5 cm³/mol. The van der Waals surface area contributed by atoms with E-state index in [0.29, 0.717) is 12.4 Å². The van der Waals surface area contributed by atoms with Gasteiger partial charge in [-0.2, -0.15) is 0 Å². The lowest BCUT2D eigenvalue weighted by Crippen LogP contribution is -2.57. The Kier molecular flexibility index (Phi) is 3.05. The molecule has 0 spiro atoms. The molecule has 2 heterocycles. The summed E-state index contributed by atoms with van der Waals surface area (Å²) in [6, 6.07) is 3.76. The van der Waals surface area contributed by atoms with Gasteiger partial charge in [0.25, 0.3) is 0 Å². The first-order valence-corrected chi connectivity index (χ1v) is 6.27. The molecule has 0 aliphatic carbocycles. The number of hydrogen-bond acceptors (Lipinski definition) is 2. The average Bonchev–Trinajstić information content (AvgIpc) is 2.19. The third-order valence-electron chi connectivity index (χ3n) is 2.64. The van der Waals surface area contributed by atoms with Crippen LogP contribution in [0.4, 0.5) is 10.6 Å². The standard InChI is InChI=1S/C11H14IN3O/c1-11(2)5-6-15(10(16)14-11)9-4-3-8(12)7-13-9/h3-4,7H,5-6H2,1-2H3,(H,14,16). The van der Waals surface area contributed by atoms with Crippen LogP contribution in [0.1, 0.15) is 20.3 Å². The van der Waals surface area contributed by atoms with Crippen LogP contribution in [0.5, 0.6) is 0 Å². The molecule has 5 heteroatoms. The van der Waals surface area contributed by atoms with Crippen molar-refractivity contribution in [3.63, 3.8) is 0 Å². The second-order valence-electron chi connectivity index (χ2n) is 4.55. The van der Waals surface area contributed by atoms with E-state index in [1.165, 1.54) is 0 Å². The Morgan fingerprint density at radius 1 is 1.50 bits per heavy atom. The maximum atomic E-state index is 11.9. The van der Waals surface area contributed by atoms with E-state index >= 15 is 0 Å². The molecule has 2 rings (SSSR count). The normalized spacial score (nSPS) is 19.4. The maximum absolute atomic E-state index is 11.9. The molecule has 16 heavy (non-hydrogen) atoms. The van der Waals surface area contributed by atoms with E-state index in [1.54, 1.807) is 11.1 Å². The summed E-state index contributed by atoms with van der Waals surface area (Å²) >= 11 is 2.20. The number of nitrogens with one attached hydrogen (secondary N) is 1. The second kappa shape index (κ2) is 4.20. The Hall–Kier alpha value is -0.850. The van der Waals surface area contributed by atoms with Crippen molar-refractivity contribution in [2.45, 2.75) is 25.8 Å². The number of carbonyl (C=O) groups is 1. The van der Waals surface area contributed by atoms with Crippen LogP contribution in [-0.4, -0.2) is 23.1 Å². The second-order valence-corrected chi connectivity index (χ2v) is 5.80. The van der Waals surface area contributed by atoms with Gasteiger partial charge in [-0.05, 0) is 55.0 Å². The molecule has 4 nitrogen and oxygen atoms in total. The molecule has 0 bridgehead atoms. The van der Waals surface area contributed by atoms with E-state index in [2.05, 4.69) is 32.9 Å². The van der Waals surface area contributed by atoms with Gasteiger partial charge in [-0.15, -0.1) is 0 Å². The number of amides is 2. The van der Waals surface area contributed by atoms with Crippen molar-refractivity contribution in [1.82, 2.24) is 10.3 Å². The molecule has 1 aliphatic heterocycles. The highest BCUT2D eigenvalue weighted by atomic mass is 127. The molecule has 0 aromatic carbocycles. The summed E-state index contributed by atoms with van der Waals surface area (Å²) in [5, 5.41) is 2.96. The van der Waals surface area contributed by atoms with E-state index in [0.717, 1.165) is 9.99 Å². The van der Waals surface area contributed by atoms with Crippen molar-refractivity contribution in [2.75, 3.05) is 11.4 Å². The smallest absolute Gasteiger partial charge is 0.323 e. The molecule has 0 atom stereocenters. The first kappa shape index (κ1) is 11.6. The van der Waals surface area contributed by atoms with Gasteiger partial charge in [0.15, 0.2) is 0 Å². The lowest BCUT2D eigenvalue weighted by atomic mass is 9.98. The van der Waals surface area contributed by atoms with Gasteiger partial charge in [-0.25, -0.2) is 9.78 Å². The third-order valence-corrected chi connectivity index (χ3v) is 3.28. The molecule has 0 radical (unpaired) electrons. The number of anilines is 1. The number of carbonyl (C=O) groups excluding carboxylic acids is 1. The summed E-state index contributed by atoms with van der Waals surface area (Å²) in [4.78, 5) is 17.8. The first-order valence-electron chi connectivity index (χ1n) is 5.19. The number of halogens is 1. The molecule has 0 saturated carbocycles. The van der Waals surface area contributed by atoms with Crippen molar-refractivity contribution < 1.29 is 4.79 Å². The van der Waals surface area contributed by atoms with Gasteiger partial charge in [0, 0.05) is 21.9 Å². The Morgan fingerprint density at radius 3 is 2.81 bits per heavy atom. The van der Waals surface area contributed by atoms with Gasteiger partial charge in [-0.1, -0.05) is 0 Å². The highest BCUT2D eigenvalue weighted by Gasteiger charge is 2.31. The zero-order valence-electron chi connectivity index (χ0n) is 9.33. The number of nitrogens with zero attached hydrogens (tertiary/aromatic N) is 2. The van der Waals surface area contributed by atoms with Gasteiger partial charge >= 0.3 is 6.03 Å². The predicted octanol–water partition coefficient (Wildman–Crippen LogP) is 2.38. The monoisotopic (exact) mass is 331 g/mol. The molecule has 0 unspecified atom stereocenters. The molecule has 1 N–H and O–H groups in total. The van der Waals surface area contributed by atoms with Crippen LogP contribution in [0.3, 0.4) is 0 Å². The molecular weight excluding hydrogens is 317 g/mol. The summed E-state index contributed by atoms with van der Waals surface area (Å²) < 4.78 is 1.07. The zero-order chi connectivity index (χ0) is 11.8. The summed E-state index contributed by atoms with van der Waals surface area (Å²) in [5.41, 5.74) is -0.114. The Morgan fingerprint density at radius 2 is 2.25 bits per heavy atom. The minimum atomic E-state index is -0.114. The molecule has 1 saturated heterocycles. The van der Waals surface area contributed by atoms with Crippen LogP contribution < -0.4 is 10.2 Å². The molecular formula is C11H14IN3O. The van der Waals surface area contributed by atoms with Crippen molar-refractivity contribution in [3.8, 4) is 0 Å². The topological polar surface area (TPSA) is 45.2 Å². The zero-order valence-corrected chi connectivity index (χ0v) is 11.5. The Labute approximate surface area is 109 Å². The minimum absolute atomic E-state index is 0.0649. The van der Waals surface area contributed by atoms with Crippen molar-refractivity contribution in [1.29, 1.82) is 0 Å². The van der Waals surface area contributed by atoms with E-state index < -0.39 is 0 Å². The quantitative estimate of drug-likeness (QED) is 0.803. The van der Waals surface area contributed by atoms with Crippen LogP contribution >= 0.6 is 22.6 Å². The number of pyridine rings is 1. The van der Waals surface area contributed by atoms with Crippen LogP contribution in [0.2, 0.25) is 0 Å². The van der Waals surface area contributed by atoms with E-state index in [4.69, 9.17) is 0 Å². The van der Waals surface area contributed by atoms with E-state index in [-0.39, 0.29) is 11.6 Å². The Balaban J connectivity index is 2.17. The molecule has 1 fully saturated rings. The van der Waals surface area contributed by atoms with Crippen LogP contribution in [-0.2, 0) is 0 Å². The molecule has 1 aliphatic rings. The highest BCUT2D eigenvalue weighted by molar-refractivity contribution is 14.1. The van der Waals surface area contributed by atoms with Gasteiger partial charge in [0.2, 0.25) is 0 Å². The molecule has 86 valence electrons. The van der Waals surface area contributed by atoms with Crippen LogP contribution in [0.15, 0.2) is 18.3 Å². The fourth-order valence-corrected chi connectivity index (χ4v) is 1.98. The van der Waals surface area contributed by atoms with Crippen LogP contribution in [0, 0.1) is 3.57 Å². The SMILES string of the molecule is CC1(C)CCN(c2ccc(I)cn2)C(=O)N1. The summed E-state index contributed by atoms with van der Waals surface area (Å²) in [5.74, 6) is 0.716. The minimum Gasteiger partial charge on any atom is -0.333 e.